The monoisotopic (exact) mass is 351 g/mol. The van der Waals surface area contributed by atoms with E-state index in [2.05, 4.69) is 15.5 Å². The number of rotatable bonds is 8. The number of carbonyl (C=O) groups is 1. The average Bonchev–Trinajstić information content (AvgIpc) is 3.01. The fourth-order valence-electron chi connectivity index (χ4n) is 2.17. The number of methoxy groups -OCH3 is 1. The lowest BCUT2D eigenvalue weighted by molar-refractivity contribution is -0.121. The second-order valence-electron chi connectivity index (χ2n) is 5.45. The predicted octanol–water partition coefficient (Wildman–Crippen LogP) is 1.56. The third-order valence-corrected chi connectivity index (χ3v) is 4.24. The highest BCUT2D eigenvalue weighted by Crippen LogP contribution is 2.19. The summed E-state index contributed by atoms with van der Waals surface area (Å²) in [5.74, 6) is 1.94. The smallest absolute Gasteiger partial charge is 0.227 e. The van der Waals surface area contributed by atoms with Gasteiger partial charge in [0.25, 0.3) is 0 Å². The summed E-state index contributed by atoms with van der Waals surface area (Å²) in [4.78, 5) is 16.1. The Labute approximate surface area is 143 Å². The Kier molecular flexibility index (Phi) is 6.48. The lowest BCUT2D eigenvalue weighted by atomic mass is 10.2. The molecule has 7 nitrogen and oxygen atoms in total. The number of aryl methyl sites for hydroxylation is 1. The molecule has 0 saturated heterocycles. The van der Waals surface area contributed by atoms with Gasteiger partial charge in [0.15, 0.2) is 0 Å². The molecule has 0 spiro atoms. The van der Waals surface area contributed by atoms with Crippen molar-refractivity contribution >= 4 is 16.7 Å². The first-order valence-electron chi connectivity index (χ1n) is 7.54. The molecular weight excluding hydrogens is 330 g/mol. The van der Waals surface area contributed by atoms with Gasteiger partial charge in [-0.25, -0.2) is 0 Å². The number of nitrogens with zero attached hydrogens (tertiary/aromatic N) is 2. The third kappa shape index (κ3) is 5.45. The minimum absolute atomic E-state index is 0.124. The first-order valence-corrected chi connectivity index (χ1v) is 9.27. The van der Waals surface area contributed by atoms with E-state index in [0.717, 1.165) is 11.3 Å². The maximum atomic E-state index is 11.8. The van der Waals surface area contributed by atoms with E-state index in [1.807, 2.05) is 31.2 Å². The Bertz CT molecular complexity index is 700. The van der Waals surface area contributed by atoms with Crippen molar-refractivity contribution in [2.45, 2.75) is 25.8 Å². The van der Waals surface area contributed by atoms with Crippen molar-refractivity contribution in [2.24, 2.45) is 0 Å². The maximum Gasteiger partial charge on any atom is 0.227 e. The van der Waals surface area contributed by atoms with Gasteiger partial charge in [-0.05, 0) is 31.2 Å². The lowest BCUT2D eigenvalue weighted by Gasteiger charge is -2.11. The molecule has 2 aromatic rings. The average molecular weight is 351 g/mol. The van der Waals surface area contributed by atoms with Crippen molar-refractivity contribution < 1.29 is 18.3 Å². The summed E-state index contributed by atoms with van der Waals surface area (Å²) in [7, 11) is 0.666. The lowest BCUT2D eigenvalue weighted by Crippen LogP contribution is -2.36. The van der Waals surface area contributed by atoms with Gasteiger partial charge in [-0.3, -0.25) is 9.00 Å². The molecule has 0 fully saturated rings. The Morgan fingerprint density at radius 2 is 2.08 bits per heavy atom. The molecule has 130 valence electrons. The van der Waals surface area contributed by atoms with E-state index in [9.17, 15) is 9.00 Å². The number of hydrogen-bond acceptors (Lipinski definition) is 6. The minimum Gasteiger partial charge on any atom is -0.497 e. The number of hydrogen-bond donors (Lipinski definition) is 1. The van der Waals surface area contributed by atoms with E-state index < -0.39 is 10.8 Å². The van der Waals surface area contributed by atoms with Crippen LogP contribution >= 0.6 is 0 Å². The van der Waals surface area contributed by atoms with Gasteiger partial charge >= 0.3 is 0 Å². The third-order valence-electron chi connectivity index (χ3n) is 3.27. The minimum atomic E-state index is -0.937. The molecule has 0 bridgehead atoms. The molecule has 0 aliphatic heterocycles. The molecule has 0 aliphatic carbocycles. The highest BCUT2D eigenvalue weighted by Gasteiger charge is 2.13. The normalized spacial score (nSPS) is 13.3. The molecule has 24 heavy (non-hydrogen) atoms. The van der Waals surface area contributed by atoms with Crippen LogP contribution in [-0.4, -0.2) is 45.4 Å². The Morgan fingerprint density at radius 1 is 1.38 bits per heavy atom. The second-order valence-corrected chi connectivity index (χ2v) is 6.93. The summed E-state index contributed by atoms with van der Waals surface area (Å²) in [6.45, 7) is 1.83. The number of ether oxygens (including phenoxy) is 1. The number of nitrogens with one attached hydrogen (secondary N) is 1. The topological polar surface area (TPSA) is 94.3 Å². The number of amides is 1. The van der Waals surface area contributed by atoms with Gasteiger partial charge < -0.3 is 14.6 Å². The summed E-state index contributed by atoms with van der Waals surface area (Å²) >= 11 is 0. The van der Waals surface area contributed by atoms with E-state index in [-0.39, 0.29) is 18.4 Å². The van der Waals surface area contributed by atoms with Crippen molar-refractivity contribution in [3.63, 3.8) is 0 Å². The fraction of sp³-hybridized carbons (Fsp3) is 0.438. The molecule has 1 aromatic carbocycles. The first kappa shape index (κ1) is 18.1. The van der Waals surface area contributed by atoms with Gasteiger partial charge in [-0.15, -0.1) is 0 Å². The van der Waals surface area contributed by atoms with Crippen LogP contribution in [0.2, 0.25) is 0 Å². The molecular formula is C16H21N3O4S. The van der Waals surface area contributed by atoms with Crippen LogP contribution < -0.4 is 10.1 Å². The predicted molar refractivity (Wildman–Crippen MR) is 91.1 cm³/mol. The molecule has 1 N–H and O–H groups in total. The molecule has 2 rings (SSSR count). The van der Waals surface area contributed by atoms with Gasteiger partial charge in [-0.2, -0.15) is 4.98 Å². The number of carbonyl (C=O) groups excluding carboxylic acids is 1. The van der Waals surface area contributed by atoms with E-state index in [4.69, 9.17) is 9.26 Å². The Morgan fingerprint density at radius 3 is 2.71 bits per heavy atom. The Balaban J connectivity index is 1.87. The molecule has 0 unspecified atom stereocenters. The highest BCUT2D eigenvalue weighted by molar-refractivity contribution is 7.84. The summed E-state index contributed by atoms with van der Waals surface area (Å²) < 4.78 is 21.4. The van der Waals surface area contributed by atoms with Crippen LogP contribution in [-0.2, 0) is 22.0 Å². The van der Waals surface area contributed by atoms with Crippen LogP contribution in [0, 0.1) is 0 Å². The van der Waals surface area contributed by atoms with Gasteiger partial charge in [0, 0.05) is 47.3 Å². The molecule has 1 amide bonds. The van der Waals surface area contributed by atoms with Gasteiger partial charge in [-0.1, -0.05) is 5.16 Å². The standard InChI is InChI=1S/C16H21N3O4S/c1-11(10-24(3)21)17-14(20)8-9-15-18-16(19-23-15)12-4-6-13(22-2)7-5-12/h4-7,11H,8-10H2,1-3H3,(H,17,20)/t11-,24+/m1/s1. The maximum absolute atomic E-state index is 11.8. The number of benzene rings is 1. The van der Waals surface area contributed by atoms with Gasteiger partial charge in [0.1, 0.15) is 5.75 Å². The number of aromatic nitrogens is 2. The van der Waals surface area contributed by atoms with Crippen LogP contribution in [0.5, 0.6) is 5.75 Å². The molecule has 1 heterocycles. The van der Waals surface area contributed by atoms with E-state index in [1.165, 1.54) is 0 Å². The van der Waals surface area contributed by atoms with Crippen molar-refractivity contribution in [3.05, 3.63) is 30.2 Å². The molecule has 0 aliphatic rings. The molecule has 0 radical (unpaired) electrons. The zero-order valence-electron chi connectivity index (χ0n) is 13.9. The molecule has 0 saturated carbocycles. The zero-order valence-corrected chi connectivity index (χ0v) is 14.8. The van der Waals surface area contributed by atoms with Crippen molar-refractivity contribution in [2.75, 3.05) is 19.1 Å². The van der Waals surface area contributed by atoms with E-state index in [0.29, 0.717) is 23.9 Å². The summed E-state index contributed by atoms with van der Waals surface area (Å²) in [6.07, 6.45) is 2.21. The van der Waals surface area contributed by atoms with E-state index in [1.54, 1.807) is 13.4 Å². The first-order chi connectivity index (χ1) is 11.5. The van der Waals surface area contributed by atoms with Crippen molar-refractivity contribution in [3.8, 4) is 17.1 Å². The molecule has 2 atom stereocenters. The van der Waals surface area contributed by atoms with Crippen molar-refractivity contribution in [1.82, 2.24) is 15.5 Å². The van der Waals surface area contributed by atoms with Crippen LogP contribution in [0.15, 0.2) is 28.8 Å². The van der Waals surface area contributed by atoms with Crippen LogP contribution in [0.4, 0.5) is 0 Å². The quantitative estimate of drug-likeness (QED) is 0.776. The summed E-state index contributed by atoms with van der Waals surface area (Å²) in [6, 6.07) is 7.19. The molecule has 1 aromatic heterocycles. The van der Waals surface area contributed by atoms with Crippen LogP contribution in [0.25, 0.3) is 11.4 Å². The fourth-order valence-corrected chi connectivity index (χ4v) is 2.96. The summed E-state index contributed by atoms with van der Waals surface area (Å²) in [5, 5.41) is 6.72. The van der Waals surface area contributed by atoms with Gasteiger partial charge in [0.05, 0.1) is 7.11 Å². The van der Waals surface area contributed by atoms with E-state index >= 15 is 0 Å². The van der Waals surface area contributed by atoms with Crippen molar-refractivity contribution in [1.29, 1.82) is 0 Å². The highest BCUT2D eigenvalue weighted by atomic mass is 32.2. The second kappa shape index (κ2) is 8.58. The zero-order chi connectivity index (χ0) is 17.5. The largest absolute Gasteiger partial charge is 0.497 e. The Hall–Kier alpha value is -2.22. The van der Waals surface area contributed by atoms with Crippen LogP contribution in [0.3, 0.4) is 0 Å². The van der Waals surface area contributed by atoms with Gasteiger partial charge in [0.2, 0.25) is 17.6 Å². The molecule has 8 heteroatoms. The van der Waals surface area contributed by atoms with Crippen LogP contribution in [0.1, 0.15) is 19.2 Å². The SMILES string of the molecule is COc1ccc(-c2noc(CCC(=O)N[C@H](C)C[S@](C)=O)n2)cc1. The summed E-state index contributed by atoms with van der Waals surface area (Å²) in [5.41, 5.74) is 0.814.